The zero-order valence-electron chi connectivity index (χ0n) is 8.67. The number of hydrogen-bond donors (Lipinski definition) is 1. The van der Waals surface area contributed by atoms with E-state index in [0.29, 0.717) is 16.7 Å². The Morgan fingerprint density at radius 1 is 1.35 bits per heavy atom. The van der Waals surface area contributed by atoms with Crippen molar-refractivity contribution >= 4 is 21.9 Å². The molecule has 0 saturated heterocycles. The van der Waals surface area contributed by atoms with Crippen LogP contribution in [0.25, 0.3) is 0 Å². The van der Waals surface area contributed by atoms with E-state index in [1.165, 1.54) is 6.20 Å². The van der Waals surface area contributed by atoms with Crippen LogP contribution in [0.4, 0.5) is 0 Å². The van der Waals surface area contributed by atoms with Crippen LogP contribution in [-0.4, -0.2) is 26.0 Å². The molecule has 0 bridgehead atoms. The molecule has 0 atom stereocenters. The number of aromatic carboxylic acids is 1. The average molecular weight is 294 g/mol. The first-order valence-corrected chi connectivity index (χ1v) is 5.60. The summed E-state index contributed by atoms with van der Waals surface area (Å²) >= 11 is 3.09. The summed E-state index contributed by atoms with van der Waals surface area (Å²) in [6.07, 6.45) is 3.52. The van der Waals surface area contributed by atoms with Crippen molar-refractivity contribution in [2.75, 3.05) is 0 Å². The summed E-state index contributed by atoms with van der Waals surface area (Å²) in [5.41, 5.74) is 0.761. The van der Waals surface area contributed by atoms with Crippen LogP contribution in [-0.2, 0) is 6.42 Å². The van der Waals surface area contributed by atoms with Gasteiger partial charge in [0.15, 0.2) is 5.69 Å². The van der Waals surface area contributed by atoms with Gasteiger partial charge in [-0.15, -0.1) is 0 Å². The molecule has 1 N–H and O–H groups in total. The van der Waals surface area contributed by atoms with Gasteiger partial charge in [0.1, 0.15) is 5.82 Å². The molecule has 0 saturated carbocycles. The van der Waals surface area contributed by atoms with Crippen LogP contribution in [0.3, 0.4) is 0 Å². The monoisotopic (exact) mass is 293 g/mol. The van der Waals surface area contributed by atoms with E-state index in [2.05, 4.69) is 30.9 Å². The number of carboxylic acid groups (broad SMARTS) is 1. The van der Waals surface area contributed by atoms with Gasteiger partial charge in [0.05, 0.1) is 10.9 Å². The Morgan fingerprint density at radius 3 is 2.82 bits per heavy atom. The summed E-state index contributed by atoms with van der Waals surface area (Å²) in [6, 6.07) is 5.51. The van der Waals surface area contributed by atoms with Gasteiger partial charge >= 0.3 is 5.97 Å². The maximum absolute atomic E-state index is 10.9. The molecule has 0 amide bonds. The molecular weight excluding hydrogens is 286 g/mol. The predicted molar refractivity (Wildman–Crippen MR) is 63.7 cm³/mol. The summed E-state index contributed by atoms with van der Waals surface area (Å²) in [5.74, 6) is -0.647. The number of carbonyl (C=O) groups is 1. The van der Waals surface area contributed by atoms with Crippen molar-refractivity contribution in [1.29, 1.82) is 0 Å². The fourth-order valence-electron chi connectivity index (χ4n) is 1.30. The predicted octanol–water partition coefficient (Wildman–Crippen LogP) is 1.92. The molecule has 6 heteroatoms. The number of nitrogens with zero attached hydrogens (tertiary/aromatic N) is 3. The van der Waals surface area contributed by atoms with Crippen LogP contribution in [0.1, 0.15) is 22.0 Å². The van der Waals surface area contributed by atoms with Gasteiger partial charge in [0, 0.05) is 18.1 Å². The molecule has 0 aliphatic carbocycles. The molecule has 17 heavy (non-hydrogen) atoms. The fourth-order valence-corrected chi connectivity index (χ4v) is 1.66. The summed E-state index contributed by atoms with van der Waals surface area (Å²) in [7, 11) is 0. The molecule has 5 nitrogen and oxygen atoms in total. The highest BCUT2D eigenvalue weighted by Gasteiger charge is 2.12. The quantitative estimate of drug-likeness (QED) is 0.936. The molecule has 0 aromatic carbocycles. The number of aromatic nitrogens is 3. The Hall–Kier alpha value is -1.82. The van der Waals surface area contributed by atoms with Crippen LogP contribution < -0.4 is 0 Å². The Kier molecular flexibility index (Phi) is 3.43. The van der Waals surface area contributed by atoms with Gasteiger partial charge < -0.3 is 5.11 Å². The minimum Gasteiger partial charge on any atom is -0.476 e. The van der Waals surface area contributed by atoms with Crippen molar-refractivity contribution in [2.45, 2.75) is 6.42 Å². The van der Waals surface area contributed by atoms with Gasteiger partial charge in [0.25, 0.3) is 0 Å². The molecule has 0 radical (unpaired) electrons. The normalized spacial score (nSPS) is 10.2. The van der Waals surface area contributed by atoms with Crippen molar-refractivity contribution in [3.8, 4) is 0 Å². The van der Waals surface area contributed by atoms with Crippen LogP contribution >= 0.6 is 15.9 Å². The minimum absolute atomic E-state index is 0.0362. The number of carboxylic acids is 1. The van der Waals surface area contributed by atoms with Gasteiger partial charge in [-0.3, -0.25) is 4.98 Å². The van der Waals surface area contributed by atoms with Crippen molar-refractivity contribution in [2.24, 2.45) is 0 Å². The third-order valence-electron chi connectivity index (χ3n) is 2.06. The number of halogens is 1. The maximum atomic E-state index is 10.9. The molecular formula is C11H8BrN3O2. The smallest absolute Gasteiger partial charge is 0.355 e. The number of rotatable bonds is 3. The molecule has 0 unspecified atom stereocenters. The van der Waals surface area contributed by atoms with E-state index in [1.54, 1.807) is 6.20 Å². The Morgan fingerprint density at radius 2 is 2.18 bits per heavy atom. The van der Waals surface area contributed by atoms with Gasteiger partial charge in [0.2, 0.25) is 0 Å². The van der Waals surface area contributed by atoms with Gasteiger partial charge in [-0.1, -0.05) is 6.07 Å². The summed E-state index contributed by atoms with van der Waals surface area (Å²) in [6.45, 7) is 0. The van der Waals surface area contributed by atoms with E-state index in [-0.39, 0.29) is 5.69 Å². The van der Waals surface area contributed by atoms with E-state index in [9.17, 15) is 4.79 Å². The minimum atomic E-state index is -1.08. The average Bonchev–Trinajstić information content (AvgIpc) is 2.32. The van der Waals surface area contributed by atoms with Crippen LogP contribution in [0.5, 0.6) is 0 Å². The second-order valence-electron chi connectivity index (χ2n) is 3.29. The third-order valence-corrected chi connectivity index (χ3v) is 2.64. The molecule has 0 aliphatic rings. The third kappa shape index (κ3) is 2.85. The lowest BCUT2D eigenvalue weighted by Gasteiger charge is -2.02. The van der Waals surface area contributed by atoms with Crippen molar-refractivity contribution in [1.82, 2.24) is 15.0 Å². The van der Waals surface area contributed by atoms with Crippen LogP contribution in [0.15, 0.2) is 35.1 Å². The molecule has 2 aromatic heterocycles. The highest BCUT2D eigenvalue weighted by Crippen LogP contribution is 2.14. The second kappa shape index (κ2) is 5.01. The largest absolute Gasteiger partial charge is 0.476 e. The van der Waals surface area contributed by atoms with Crippen LogP contribution in [0, 0.1) is 0 Å². The lowest BCUT2D eigenvalue weighted by Crippen LogP contribution is -2.07. The second-order valence-corrected chi connectivity index (χ2v) is 4.14. The molecule has 2 heterocycles. The lowest BCUT2D eigenvalue weighted by atomic mass is 10.2. The lowest BCUT2D eigenvalue weighted by molar-refractivity contribution is 0.0688. The number of hydrogen-bond acceptors (Lipinski definition) is 4. The first-order valence-electron chi connectivity index (χ1n) is 4.81. The molecule has 0 spiro atoms. The van der Waals surface area contributed by atoms with Gasteiger partial charge in [-0.2, -0.15) is 0 Å². The van der Waals surface area contributed by atoms with E-state index in [1.807, 2.05) is 18.2 Å². The SMILES string of the molecule is O=C(O)c1nc(Cc2ccccn2)ncc1Br. The molecule has 0 aliphatic heterocycles. The summed E-state index contributed by atoms with van der Waals surface area (Å²) in [5, 5.41) is 8.92. The highest BCUT2D eigenvalue weighted by atomic mass is 79.9. The topological polar surface area (TPSA) is 76.0 Å². The van der Waals surface area contributed by atoms with E-state index >= 15 is 0 Å². The van der Waals surface area contributed by atoms with Crippen LogP contribution in [0.2, 0.25) is 0 Å². The molecule has 2 aromatic rings. The highest BCUT2D eigenvalue weighted by molar-refractivity contribution is 9.10. The number of pyridine rings is 1. The Balaban J connectivity index is 2.29. The Bertz CT molecular complexity index is 546. The Labute approximate surface area is 106 Å². The standard InChI is InChI=1S/C11H8BrN3O2/c12-8-6-14-9(15-10(8)11(16)17)5-7-3-1-2-4-13-7/h1-4,6H,5H2,(H,16,17). The molecule has 0 fully saturated rings. The van der Waals surface area contributed by atoms with E-state index in [4.69, 9.17) is 5.11 Å². The first-order chi connectivity index (χ1) is 8.16. The molecule has 2 rings (SSSR count). The van der Waals surface area contributed by atoms with Crippen molar-refractivity contribution in [3.63, 3.8) is 0 Å². The maximum Gasteiger partial charge on any atom is 0.355 e. The fraction of sp³-hybridized carbons (Fsp3) is 0.0909. The van der Waals surface area contributed by atoms with Crippen molar-refractivity contribution in [3.05, 3.63) is 52.3 Å². The zero-order chi connectivity index (χ0) is 12.3. The summed E-state index contributed by atoms with van der Waals surface area (Å²) in [4.78, 5) is 23.0. The summed E-state index contributed by atoms with van der Waals surface area (Å²) < 4.78 is 0.370. The zero-order valence-corrected chi connectivity index (χ0v) is 10.3. The van der Waals surface area contributed by atoms with Gasteiger partial charge in [-0.05, 0) is 28.1 Å². The van der Waals surface area contributed by atoms with E-state index in [0.717, 1.165) is 5.69 Å². The van der Waals surface area contributed by atoms with E-state index < -0.39 is 5.97 Å². The van der Waals surface area contributed by atoms with Gasteiger partial charge in [-0.25, -0.2) is 14.8 Å². The van der Waals surface area contributed by atoms with Crippen molar-refractivity contribution < 1.29 is 9.90 Å². The first kappa shape index (κ1) is 11.7. The molecule has 86 valence electrons.